The van der Waals surface area contributed by atoms with Crippen LogP contribution in [0.1, 0.15) is 36.4 Å². The number of phenolic OH excluding ortho intramolecular Hbond substituents is 1. The maximum absolute atomic E-state index is 13.1. The summed E-state index contributed by atoms with van der Waals surface area (Å²) < 4.78 is 10.7. The van der Waals surface area contributed by atoms with E-state index in [0.29, 0.717) is 17.9 Å². The minimum Gasteiger partial charge on any atom is -0.502 e. The van der Waals surface area contributed by atoms with E-state index in [-0.39, 0.29) is 17.6 Å². The Hall–Kier alpha value is -3.47. The highest BCUT2D eigenvalue weighted by Crippen LogP contribution is 2.49. The van der Waals surface area contributed by atoms with Gasteiger partial charge in [0, 0.05) is 23.2 Å². The number of phenols is 1. The van der Waals surface area contributed by atoms with Crippen molar-refractivity contribution in [2.24, 2.45) is 0 Å². The first-order valence-electron chi connectivity index (χ1n) is 10.1. The van der Waals surface area contributed by atoms with E-state index >= 15 is 0 Å². The number of rotatable bonds is 3. The molecule has 0 spiro atoms. The largest absolute Gasteiger partial charge is 0.502 e. The molecule has 0 amide bonds. The molecule has 2 N–H and O–H groups in total. The average molecular weight is 401 g/mol. The Balaban J connectivity index is 1.76. The van der Waals surface area contributed by atoms with Crippen molar-refractivity contribution in [3.8, 4) is 17.2 Å². The molecule has 0 radical (unpaired) electrons. The summed E-state index contributed by atoms with van der Waals surface area (Å²) in [6, 6.07) is 15.7. The number of carbonyl (C=O) groups excluding carboxylic acids is 1. The standard InChI is InChI=1S/C25H23NO4/c1-29-20-12-15(13-21(30-2)25(20)28)24-23-17(8-5-9-19(23)27)22-16-7-4-3-6-14(16)10-11-18(22)26-24/h3-4,6-7,10-13,24,26,28H,5,8-9H2,1-2H3/t24-/m1/s1. The summed E-state index contributed by atoms with van der Waals surface area (Å²) in [6.45, 7) is 0. The van der Waals surface area contributed by atoms with Gasteiger partial charge >= 0.3 is 0 Å². The molecular formula is C25H23NO4. The molecule has 0 bridgehead atoms. The zero-order chi connectivity index (χ0) is 20.8. The Bertz CT molecular complexity index is 1190. The van der Waals surface area contributed by atoms with Crippen molar-refractivity contribution in [1.82, 2.24) is 0 Å². The molecule has 1 heterocycles. The third kappa shape index (κ3) is 2.73. The van der Waals surface area contributed by atoms with Gasteiger partial charge in [-0.15, -0.1) is 0 Å². The van der Waals surface area contributed by atoms with Gasteiger partial charge in [-0.2, -0.15) is 0 Å². The third-order valence-electron chi connectivity index (χ3n) is 6.11. The quantitative estimate of drug-likeness (QED) is 0.629. The van der Waals surface area contributed by atoms with Gasteiger partial charge in [0.2, 0.25) is 5.75 Å². The van der Waals surface area contributed by atoms with Gasteiger partial charge in [0.25, 0.3) is 0 Å². The molecule has 30 heavy (non-hydrogen) atoms. The van der Waals surface area contributed by atoms with E-state index < -0.39 is 0 Å². The molecule has 0 aromatic heterocycles. The first kappa shape index (κ1) is 18.6. The highest BCUT2D eigenvalue weighted by Gasteiger charge is 2.35. The van der Waals surface area contributed by atoms with Crippen molar-refractivity contribution in [3.05, 3.63) is 65.2 Å². The molecule has 2 aliphatic rings. The molecule has 152 valence electrons. The molecule has 5 nitrogen and oxygen atoms in total. The lowest BCUT2D eigenvalue weighted by atomic mass is 9.76. The number of methoxy groups -OCH3 is 2. The number of ketones is 1. The summed E-state index contributed by atoms with van der Waals surface area (Å²) in [7, 11) is 3.01. The number of aromatic hydroxyl groups is 1. The van der Waals surface area contributed by atoms with Crippen LogP contribution in [0.25, 0.3) is 16.3 Å². The smallest absolute Gasteiger partial charge is 0.200 e. The zero-order valence-electron chi connectivity index (χ0n) is 17.0. The summed E-state index contributed by atoms with van der Waals surface area (Å²) in [4.78, 5) is 13.1. The number of ether oxygens (including phenoxy) is 2. The van der Waals surface area contributed by atoms with E-state index in [1.54, 1.807) is 12.1 Å². The van der Waals surface area contributed by atoms with Gasteiger partial charge in [-0.25, -0.2) is 0 Å². The molecule has 1 atom stereocenters. The first-order valence-corrected chi connectivity index (χ1v) is 10.1. The van der Waals surface area contributed by atoms with Crippen molar-refractivity contribution >= 4 is 27.8 Å². The lowest BCUT2D eigenvalue weighted by Crippen LogP contribution is -2.27. The molecule has 5 rings (SSSR count). The van der Waals surface area contributed by atoms with Crippen LogP contribution in [0, 0.1) is 0 Å². The van der Waals surface area contributed by atoms with Gasteiger partial charge in [0.05, 0.1) is 20.3 Å². The van der Waals surface area contributed by atoms with Gasteiger partial charge < -0.3 is 19.9 Å². The average Bonchev–Trinajstić information content (AvgIpc) is 2.78. The lowest BCUT2D eigenvalue weighted by molar-refractivity contribution is -0.116. The van der Waals surface area contributed by atoms with Crippen LogP contribution in [0.5, 0.6) is 17.2 Å². The number of hydrogen-bond donors (Lipinski definition) is 2. The van der Waals surface area contributed by atoms with Gasteiger partial charge in [-0.1, -0.05) is 30.3 Å². The topological polar surface area (TPSA) is 67.8 Å². The SMILES string of the molecule is COc1cc([C@H]2Nc3ccc4ccccc4c3C3=C2C(=O)CCC3)cc(OC)c1O. The Morgan fingerprint density at radius 1 is 1.00 bits per heavy atom. The normalized spacial score (nSPS) is 17.9. The Labute approximate surface area is 174 Å². The van der Waals surface area contributed by atoms with Crippen LogP contribution in [0.4, 0.5) is 5.69 Å². The van der Waals surface area contributed by atoms with E-state index in [1.165, 1.54) is 14.2 Å². The summed E-state index contributed by atoms with van der Waals surface area (Å²) >= 11 is 0. The van der Waals surface area contributed by atoms with Crippen LogP contribution in [0.15, 0.2) is 54.1 Å². The monoisotopic (exact) mass is 401 g/mol. The van der Waals surface area contributed by atoms with Crippen LogP contribution in [-0.4, -0.2) is 25.1 Å². The number of hydrogen-bond acceptors (Lipinski definition) is 5. The summed E-state index contributed by atoms with van der Waals surface area (Å²) in [5, 5.41) is 16.2. The second kappa shape index (κ2) is 7.10. The van der Waals surface area contributed by atoms with Crippen molar-refractivity contribution < 1.29 is 19.4 Å². The third-order valence-corrected chi connectivity index (χ3v) is 6.11. The fourth-order valence-electron chi connectivity index (χ4n) is 4.73. The molecule has 5 heteroatoms. The van der Waals surface area contributed by atoms with Crippen LogP contribution in [0.3, 0.4) is 0 Å². The summed E-state index contributed by atoms with van der Waals surface area (Å²) in [6.07, 6.45) is 2.27. The molecule has 0 unspecified atom stereocenters. The number of nitrogens with one attached hydrogen (secondary N) is 1. The number of benzene rings is 3. The maximum atomic E-state index is 13.1. The molecule has 3 aromatic rings. The molecule has 0 saturated carbocycles. The Morgan fingerprint density at radius 3 is 2.47 bits per heavy atom. The minimum absolute atomic E-state index is 0.0462. The van der Waals surface area contributed by atoms with Gasteiger partial charge in [-0.3, -0.25) is 4.79 Å². The number of carbonyl (C=O) groups is 1. The van der Waals surface area contributed by atoms with Crippen LogP contribution < -0.4 is 14.8 Å². The van der Waals surface area contributed by atoms with Gasteiger partial charge in [-0.05, 0) is 52.9 Å². The van der Waals surface area contributed by atoms with E-state index in [4.69, 9.17) is 9.47 Å². The number of fused-ring (bicyclic) bond motifs is 4. The van der Waals surface area contributed by atoms with Crippen molar-refractivity contribution in [2.75, 3.05) is 19.5 Å². The van der Waals surface area contributed by atoms with Crippen LogP contribution in [0.2, 0.25) is 0 Å². The number of anilines is 1. The fraction of sp³-hybridized carbons (Fsp3) is 0.240. The lowest BCUT2D eigenvalue weighted by Gasteiger charge is -2.35. The zero-order valence-corrected chi connectivity index (χ0v) is 17.0. The van der Waals surface area contributed by atoms with E-state index in [1.807, 2.05) is 12.1 Å². The highest BCUT2D eigenvalue weighted by molar-refractivity contribution is 6.12. The van der Waals surface area contributed by atoms with E-state index in [0.717, 1.165) is 51.6 Å². The molecule has 0 saturated heterocycles. The predicted octanol–water partition coefficient (Wildman–Crippen LogP) is 5.24. The Kier molecular flexibility index (Phi) is 4.39. The first-order chi connectivity index (χ1) is 14.6. The number of allylic oxidation sites excluding steroid dienone is 1. The van der Waals surface area contributed by atoms with E-state index in [9.17, 15) is 9.90 Å². The molecule has 3 aromatic carbocycles. The second-order valence-corrected chi connectivity index (χ2v) is 7.73. The number of Topliss-reactive ketones (excluding diaryl/α,β-unsaturated/α-hetero) is 1. The van der Waals surface area contributed by atoms with Crippen molar-refractivity contribution in [2.45, 2.75) is 25.3 Å². The summed E-state index contributed by atoms with van der Waals surface area (Å²) in [5.41, 5.74) is 4.89. The van der Waals surface area contributed by atoms with Gasteiger partial charge in [0.1, 0.15) is 0 Å². The summed E-state index contributed by atoms with van der Waals surface area (Å²) in [5.74, 6) is 0.759. The van der Waals surface area contributed by atoms with Gasteiger partial charge in [0.15, 0.2) is 17.3 Å². The highest BCUT2D eigenvalue weighted by atomic mass is 16.5. The second-order valence-electron chi connectivity index (χ2n) is 7.73. The maximum Gasteiger partial charge on any atom is 0.200 e. The minimum atomic E-state index is -0.329. The predicted molar refractivity (Wildman–Crippen MR) is 117 cm³/mol. The van der Waals surface area contributed by atoms with Crippen LogP contribution in [-0.2, 0) is 4.79 Å². The molecule has 0 fully saturated rings. The van der Waals surface area contributed by atoms with Crippen molar-refractivity contribution in [1.29, 1.82) is 0 Å². The van der Waals surface area contributed by atoms with Crippen LogP contribution >= 0.6 is 0 Å². The molecular weight excluding hydrogens is 378 g/mol. The molecule has 1 aliphatic heterocycles. The molecule has 1 aliphatic carbocycles. The Morgan fingerprint density at radius 2 is 1.73 bits per heavy atom. The van der Waals surface area contributed by atoms with Crippen molar-refractivity contribution in [3.63, 3.8) is 0 Å². The fourth-order valence-corrected chi connectivity index (χ4v) is 4.73. The van der Waals surface area contributed by atoms with E-state index in [2.05, 4.69) is 29.6 Å².